The molecule has 2 aromatic rings. The van der Waals surface area contributed by atoms with E-state index in [4.69, 9.17) is 16.0 Å². The molecule has 0 unspecified atom stereocenters. The van der Waals surface area contributed by atoms with E-state index < -0.39 is 0 Å². The molecule has 3 heterocycles. The topological polar surface area (TPSA) is 84.2 Å². The molecule has 25 heavy (non-hydrogen) atoms. The number of aromatic nitrogens is 3. The lowest BCUT2D eigenvalue weighted by atomic mass is 9.96. The summed E-state index contributed by atoms with van der Waals surface area (Å²) in [6, 6.07) is 3.42. The van der Waals surface area contributed by atoms with Gasteiger partial charge in [0.05, 0.1) is 11.6 Å². The van der Waals surface area contributed by atoms with Crippen molar-refractivity contribution in [2.45, 2.75) is 39.2 Å². The Labute approximate surface area is 151 Å². The summed E-state index contributed by atoms with van der Waals surface area (Å²) in [6.07, 6.45) is 3.12. The first kappa shape index (κ1) is 17.8. The van der Waals surface area contributed by atoms with E-state index in [1.165, 1.54) is 6.20 Å². The lowest BCUT2D eigenvalue weighted by Crippen LogP contribution is -2.37. The number of nitrogens with zero attached hydrogens (tertiary/aromatic N) is 4. The molecular formula is C17H22ClN5O2. The first-order valence-electron chi connectivity index (χ1n) is 8.48. The van der Waals surface area contributed by atoms with Crippen molar-refractivity contribution < 1.29 is 9.21 Å². The van der Waals surface area contributed by atoms with Crippen LogP contribution in [-0.2, 0) is 11.3 Å². The number of halogens is 1. The number of anilines is 1. The molecule has 1 saturated heterocycles. The zero-order valence-electron chi connectivity index (χ0n) is 14.4. The molecule has 1 aliphatic heterocycles. The van der Waals surface area contributed by atoms with Gasteiger partial charge in [-0.05, 0) is 38.1 Å². The van der Waals surface area contributed by atoms with Crippen LogP contribution in [-0.4, -0.2) is 39.1 Å². The Morgan fingerprint density at radius 2 is 2.12 bits per heavy atom. The number of hydrogen-bond acceptors (Lipinski definition) is 6. The van der Waals surface area contributed by atoms with Crippen LogP contribution in [0.5, 0.6) is 0 Å². The van der Waals surface area contributed by atoms with E-state index in [0.29, 0.717) is 29.2 Å². The van der Waals surface area contributed by atoms with E-state index in [1.807, 2.05) is 13.8 Å². The number of carbonyl (C=O) groups excluding carboxylic acids is 1. The highest BCUT2D eigenvalue weighted by Gasteiger charge is 2.26. The Morgan fingerprint density at radius 3 is 2.72 bits per heavy atom. The molecule has 3 rings (SSSR count). The fourth-order valence-corrected chi connectivity index (χ4v) is 2.90. The molecule has 0 atom stereocenters. The standard InChI is InChI=1S/C17H22ClN5O2/c1-11(2)17-22-21-15(25-17)10-23-7-5-12(6-8-23)16(24)20-14-4-3-13(18)9-19-14/h3-4,9,11-12H,5-8,10H2,1-2H3,(H,19,20,24). The first-order valence-corrected chi connectivity index (χ1v) is 8.86. The molecule has 7 nitrogen and oxygen atoms in total. The molecule has 0 saturated carbocycles. The Morgan fingerprint density at radius 1 is 1.36 bits per heavy atom. The van der Waals surface area contributed by atoms with Crippen molar-refractivity contribution in [2.24, 2.45) is 5.92 Å². The SMILES string of the molecule is CC(C)c1nnc(CN2CCC(C(=O)Nc3ccc(Cl)cn3)CC2)o1. The molecule has 8 heteroatoms. The number of hydrogen-bond donors (Lipinski definition) is 1. The second-order valence-electron chi connectivity index (χ2n) is 6.59. The Kier molecular flexibility index (Phi) is 5.65. The average molecular weight is 364 g/mol. The molecule has 0 aliphatic carbocycles. The van der Waals surface area contributed by atoms with Crippen molar-refractivity contribution in [3.8, 4) is 0 Å². The lowest BCUT2D eigenvalue weighted by Gasteiger charge is -2.30. The summed E-state index contributed by atoms with van der Waals surface area (Å²) in [6.45, 7) is 6.33. The van der Waals surface area contributed by atoms with Crippen LogP contribution in [0, 0.1) is 5.92 Å². The zero-order valence-corrected chi connectivity index (χ0v) is 15.2. The number of rotatable bonds is 5. The number of amides is 1. The van der Waals surface area contributed by atoms with Crippen LogP contribution in [0.3, 0.4) is 0 Å². The van der Waals surface area contributed by atoms with Gasteiger partial charge in [-0.3, -0.25) is 9.69 Å². The molecule has 2 aromatic heterocycles. The quantitative estimate of drug-likeness (QED) is 0.878. The third kappa shape index (κ3) is 4.76. The predicted molar refractivity (Wildman–Crippen MR) is 94.3 cm³/mol. The van der Waals surface area contributed by atoms with Gasteiger partial charge >= 0.3 is 0 Å². The maximum absolute atomic E-state index is 12.4. The minimum Gasteiger partial charge on any atom is -0.424 e. The summed E-state index contributed by atoms with van der Waals surface area (Å²) < 4.78 is 5.65. The van der Waals surface area contributed by atoms with Gasteiger partial charge in [0.2, 0.25) is 17.7 Å². The highest BCUT2D eigenvalue weighted by Crippen LogP contribution is 2.21. The van der Waals surface area contributed by atoms with Gasteiger partial charge in [-0.2, -0.15) is 0 Å². The average Bonchev–Trinajstić information content (AvgIpc) is 3.06. The maximum Gasteiger partial charge on any atom is 0.230 e. The molecule has 134 valence electrons. The highest BCUT2D eigenvalue weighted by atomic mass is 35.5. The summed E-state index contributed by atoms with van der Waals surface area (Å²) in [7, 11) is 0. The van der Waals surface area contributed by atoms with Crippen LogP contribution < -0.4 is 5.32 Å². The van der Waals surface area contributed by atoms with E-state index in [9.17, 15) is 4.79 Å². The van der Waals surface area contributed by atoms with Crippen molar-refractivity contribution in [1.82, 2.24) is 20.1 Å². The molecule has 1 aliphatic rings. The number of nitrogens with one attached hydrogen (secondary N) is 1. The van der Waals surface area contributed by atoms with Crippen molar-refractivity contribution in [3.05, 3.63) is 35.1 Å². The lowest BCUT2D eigenvalue weighted by molar-refractivity contribution is -0.121. The predicted octanol–water partition coefficient (Wildman–Crippen LogP) is 3.09. The van der Waals surface area contributed by atoms with Crippen molar-refractivity contribution in [3.63, 3.8) is 0 Å². The summed E-state index contributed by atoms with van der Waals surface area (Å²) >= 11 is 5.80. The third-order valence-corrected chi connectivity index (χ3v) is 4.50. The second-order valence-corrected chi connectivity index (χ2v) is 7.03. The van der Waals surface area contributed by atoms with Crippen molar-refractivity contribution >= 4 is 23.3 Å². The number of carbonyl (C=O) groups is 1. The zero-order chi connectivity index (χ0) is 17.8. The molecule has 1 amide bonds. The first-order chi connectivity index (χ1) is 12.0. The Bertz CT molecular complexity index is 708. The molecule has 1 N–H and O–H groups in total. The van der Waals surface area contributed by atoms with Crippen LogP contribution in [0.15, 0.2) is 22.7 Å². The Balaban J connectivity index is 1.47. The van der Waals surface area contributed by atoms with Crippen LogP contribution in [0.25, 0.3) is 0 Å². The summed E-state index contributed by atoms with van der Waals surface area (Å²) in [5, 5.41) is 11.5. The van der Waals surface area contributed by atoms with E-state index in [-0.39, 0.29) is 17.7 Å². The molecule has 0 radical (unpaired) electrons. The Hall–Kier alpha value is -1.99. The van der Waals surface area contributed by atoms with Crippen molar-refractivity contribution in [1.29, 1.82) is 0 Å². The summed E-state index contributed by atoms with van der Waals surface area (Å²) in [5.74, 6) is 2.06. The van der Waals surface area contributed by atoms with E-state index >= 15 is 0 Å². The summed E-state index contributed by atoms with van der Waals surface area (Å²) in [4.78, 5) is 18.7. The largest absolute Gasteiger partial charge is 0.424 e. The molecule has 0 spiro atoms. The minimum atomic E-state index is -0.0114. The van der Waals surface area contributed by atoms with E-state index in [2.05, 4.69) is 25.4 Å². The van der Waals surface area contributed by atoms with Gasteiger partial charge < -0.3 is 9.73 Å². The van der Waals surface area contributed by atoms with E-state index in [1.54, 1.807) is 12.1 Å². The molecule has 1 fully saturated rings. The maximum atomic E-state index is 12.4. The minimum absolute atomic E-state index is 0.00866. The monoisotopic (exact) mass is 363 g/mol. The van der Waals surface area contributed by atoms with E-state index in [0.717, 1.165) is 25.9 Å². The van der Waals surface area contributed by atoms with Gasteiger partial charge in [0.15, 0.2) is 0 Å². The van der Waals surface area contributed by atoms with Gasteiger partial charge in [0, 0.05) is 18.0 Å². The number of likely N-dealkylation sites (tertiary alicyclic amines) is 1. The van der Waals surface area contributed by atoms with Crippen LogP contribution in [0.2, 0.25) is 5.02 Å². The smallest absolute Gasteiger partial charge is 0.230 e. The normalized spacial score (nSPS) is 16.3. The molecular weight excluding hydrogens is 342 g/mol. The van der Waals surface area contributed by atoms with Gasteiger partial charge in [-0.1, -0.05) is 25.4 Å². The van der Waals surface area contributed by atoms with Gasteiger partial charge in [-0.25, -0.2) is 4.98 Å². The van der Waals surface area contributed by atoms with Gasteiger partial charge in [0.1, 0.15) is 5.82 Å². The molecule has 0 bridgehead atoms. The van der Waals surface area contributed by atoms with Crippen LogP contribution in [0.1, 0.15) is 44.4 Å². The second kappa shape index (κ2) is 7.93. The number of pyridine rings is 1. The van der Waals surface area contributed by atoms with Gasteiger partial charge in [0.25, 0.3) is 0 Å². The summed E-state index contributed by atoms with van der Waals surface area (Å²) in [5.41, 5.74) is 0. The fraction of sp³-hybridized carbons (Fsp3) is 0.529. The van der Waals surface area contributed by atoms with Crippen LogP contribution >= 0.6 is 11.6 Å². The third-order valence-electron chi connectivity index (χ3n) is 4.27. The van der Waals surface area contributed by atoms with Gasteiger partial charge in [-0.15, -0.1) is 10.2 Å². The highest BCUT2D eigenvalue weighted by molar-refractivity contribution is 6.30. The fourth-order valence-electron chi connectivity index (χ4n) is 2.79. The number of piperidine rings is 1. The van der Waals surface area contributed by atoms with Crippen molar-refractivity contribution in [2.75, 3.05) is 18.4 Å². The molecule has 0 aromatic carbocycles. The van der Waals surface area contributed by atoms with Crippen LogP contribution in [0.4, 0.5) is 5.82 Å².